The average molecular weight is 561 g/mol. The van der Waals surface area contributed by atoms with Crippen LogP contribution < -0.4 is 0 Å². The summed E-state index contributed by atoms with van der Waals surface area (Å²) in [6.07, 6.45) is 37.7. The van der Waals surface area contributed by atoms with E-state index in [0.717, 1.165) is 24.7 Å². The first-order valence-electron chi connectivity index (χ1n) is 17.6. The zero-order valence-electron chi connectivity index (χ0n) is 26.2. The number of hydrogen-bond acceptors (Lipinski definition) is 4. The molecule has 0 amide bonds. The van der Waals surface area contributed by atoms with Gasteiger partial charge in [0.25, 0.3) is 0 Å². The Morgan fingerprint density at radius 1 is 0.675 bits per heavy atom. The minimum absolute atomic E-state index is 0.149. The Hall–Kier alpha value is -0.680. The highest BCUT2D eigenvalue weighted by Crippen LogP contribution is 2.58. The van der Waals surface area contributed by atoms with E-state index >= 15 is 0 Å². The highest BCUT2D eigenvalue weighted by molar-refractivity contribution is 5.22. The van der Waals surface area contributed by atoms with Gasteiger partial charge in [-0.2, -0.15) is 0 Å². The van der Waals surface area contributed by atoms with Gasteiger partial charge in [0.05, 0.1) is 13.2 Å². The van der Waals surface area contributed by atoms with E-state index in [0.29, 0.717) is 36.9 Å². The van der Waals surface area contributed by atoms with Gasteiger partial charge in [-0.25, -0.2) is 9.78 Å². The van der Waals surface area contributed by atoms with Gasteiger partial charge in [-0.05, 0) is 79.4 Å². The number of fused-ring (bicyclic) bond motifs is 1. The standard InChI is InChI=1S/C36H64O4/c1-3-5-13-19-30-23-24-34-33(32(30)21-14-6-4-2)25-27-36(26-17-11-10-15-20-31(36)29-40-38)35(34)22-16-9-7-8-12-18-28-39-37/h23-25,27,30-35,37-38H,3-22,26,28-29H2,1-2H3. The molecule has 3 aliphatic rings. The Morgan fingerprint density at radius 3 is 2.12 bits per heavy atom. The van der Waals surface area contributed by atoms with Crippen molar-refractivity contribution in [1.82, 2.24) is 0 Å². The normalized spacial score (nSPS) is 32.2. The third-order valence-electron chi connectivity index (χ3n) is 11.1. The van der Waals surface area contributed by atoms with Gasteiger partial charge in [0.15, 0.2) is 0 Å². The van der Waals surface area contributed by atoms with Gasteiger partial charge in [0.1, 0.15) is 0 Å². The van der Waals surface area contributed by atoms with Crippen molar-refractivity contribution in [1.29, 1.82) is 0 Å². The van der Waals surface area contributed by atoms with Crippen molar-refractivity contribution in [2.45, 2.75) is 149 Å². The lowest BCUT2D eigenvalue weighted by Gasteiger charge is -2.55. The van der Waals surface area contributed by atoms with Crippen LogP contribution in [-0.4, -0.2) is 23.7 Å². The summed E-state index contributed by atoms with van der Waals surface area (Å²) in [7, 11) is 0. The molecule has 2 N–H and O–H groups in total. The van der Waals surface area contributed by atoms with Crippen molar-refractivity contribution >= 4 is 0 Å². The minimum atomic E-state index is 0.149. The largest absolute Gasteiger partial charge is 0.252 e. The van der Waals surface area contributed by atoms with E-state index in [1.54, 1.807) is 0 Å². The molecule has 232 valence electrons. The predicted molar refractivity (Wildman–Crippen MR) is 167 cm³/mol. The summed E-state index contributed by atoms with van der Waals surface area (Å²) in [4.78, 5) is 9.20. The minimum Gasteiger partial charge on any atom is -0.252 e. The molecule has 4 nitrogen and oxygen atoms in total. The van der Waals surface area contributed by atoms with E-state index in [1.165, 1.54) is 122 Å². The fourth-order valence-electron chi connectivity index (χ4n) is 8.92. The SMILES string of the molecule is CCCCCC1C=CC2C(C=CC3(CCCCCCC3COO)C2CCCCCCCCOO)C1CCCCC. The summed E-state index contributed by atoms with van der Waals surface area (Å²) in [5.74, 6) is 3.87. The van der Waals surface area contributed by atoms with E-state index in [2.05, 4.69) is 43.0 Å². The molecule has 0 aromatic carbocycles. The van der Waals surface area contributed by atoms with Crippen LogP contribution in [0.1, 0.15) is 149 Å². The van der Waals surface area contributed by atoms with Gasteiger partial charge in [0, 0.05) is 0 Å². The topological polar surface area (TPSA) is 58.9 Å². The molecule has 0 aliphatic heterocycles. The first-order valence-corrected chi connectivity index (χ1v) is 17.6. The second-order valence-electron chi connectivity index (χ2n) is 13.6. The second kappa shape index (κ2) is 19.5. The number of allylic oxidation sites excluding steroid dienone is 4. The Balaban J connectivity index is 1.83. The molecule has 40 heavy (non-hydrogen) atoms. The third-order valence-corrected chi connectivity index (χ3v) is 11.1. The molecule has 0 saturated heterocycles. The van der Waals surface area contributed by atoms with E-state index < -0.39 is 0 Å². The van der Waals surface area contributed by atoms with Crippen LogP contribution in [0.4, 0.5) is 0 Å². The van der Waals surface area contributed by atoms with Crippen molar-refractivity contribution in [3.05, 3.63) is 24.3 Å². The van der Waals surface area contributed by atoms with E-state index in [4.69, 9.17) is 10.1 Å². The Bertz CT molecular complexity index is 705. The van der Waals surface area contributed by atoms with Crippen LogP contribution >= 0.6 is 0 Å². The number of unbranched alkanes of at least 4 members (excludes halogenated alkanes) is 9. The highest BCUT2D eigenvalue weighted by atomic mass is 17.1. The van der Waals surface area contributed by atoms with Gasteiger partial charge in [-0.15, -0.1) is 0 Å². The Labute approximate surface area is 247 Å². The predicted octanol–water partition coefficient (Wildman–Crippen LogP) is 11.0. The fourth-order valence-corrected chi connectivity index (χ4v) is 8.92. The summed E-state index contributed by atoms with van der Waals surface area (Å²) < 4.78 is 0. The maximum atomic E-state index is 9.69. The molecule has 1 fully saturated rings. The summed E-state index contributed by atoms with van der Waals surface area (Å²) in [5.41, 5.74) is 0.149. The van der Waals surface area contributed by atoms with Gasteiger partial charge in [0.2, 0.25) is 0 Å². The third kappa shape index (κ3) is 9.68. The maximum Gasteiger partial charge on any atom is 0.0856 e. The molecule has 4 heteroatoms. The molecule has 0 aromatic rings. The lowest BCUT2D eigenvalue weighted by atomic mass is 9.49. The lowest BCUT2D eigenvalue weighted by molar-refractivity contribution is -0.260. The van der Waals surface area contributed by atoms with Crippen LogP contribution in [0, 0.1) is 40.9 Å². The molecule has 3 rings (SSSR count). The Kier molecular flexibility index (Phi) is 16.5. The molecule has 1 spiro atoms. The highest BCUT2D eigenvalue weighted by Gasteiger charge is 2.51. The quantitative estimate of drug-likeness (QED) is 0.0714. The molecular formula is C36H64O4. The van der Waals surface area contributed by atoms with Crippen molar-refractivity contribution in [2.75, 3.05) is 13.2 Å². The molecule has 7 atom stereocenters. The van der Waals surface area contributed by atoms with Crippen molar-refractivity contribution < 1.29 is 20.3 Å². The molecule has 0 bridgehead atoms. The van der Waals surface area contributed by atoms with Crippen LogP contribution in [-0.2, 0) is 9.78 Å². The smallest absolute Gasteiger partial charge is 0.0856 e. The number of hydrogen-bond donors (Lipinski definition) is 2. The average Bonchev–Trinajstić information content (AvgIpc) is 2.96. The van der Waals surface area contributed by atoms with Gasteiger partial charge in [-0.1, -0.05) is 134 Å². The first-order chi connectivity index (χ1) is 19.7. The first kappa shape index (κ1) is 33.8. The summed E-state index contributed by atoms with van der Waals surface area (Å²) in [6, 6.07) is 0. The van der Waals surface area contributed by atoms with Crippen molar-refractivity contribution in [3.8, 4) is 0 Å². The summed E-state index contributed by atoms with van der Waals surface area (Å²) in [6.45, 7) is 5.60. The van der Waals surface area contributed by atoms with Crippen molar-refractivity contribution in [2.24, 2.45) is 40.9 Å². The zero-order chi connectivity index (χ0) is 28.5. The monoisotopic (exact) mass is 560 g/mol. The maximum absolute atomic E-state index is 9.69. The summed E-state index contributed by atoms with van der Waals surface area (Å²) in [5, 5.41) is 18.3. The van der Waals surface area contributed by atoms with Crippen LogP contribution in [0.5, 0.6) is 0 Å². The number of rotatable bonds is 19. The molecule has 3 aliphatic carbocycles. The molecule has 0 radical (unpaired) electrons. The van der Waals surface area contributed by atoms with E-state index in [-0.39, 0.29) is 5.41 Å². The van der Waals surface area contributed by atoms with E-state index in [1.807, 2.05) is 0 Å². The molecule has 0 aromatic heterocycles. The summed E-state index contributed by atoms with van der Waals surface area (Å²) >= 11 is 0. The van der Waals surface area contributed by atoms with Crippen LogP contribution in [0.3, 0.4) is 0 Å². The molecule has 1 saturated carbocycles. The van der Waals surface area contributed by atoms with Crippen LogP contribution in [0.25, 0.3) is 0 Å². The molecular weight excluding hydrogens is 496 g/mol. The van der Waals surface area contributed by atoms with Crippen LogP contribution in [0.15, 0.2) is 24.3 Å². The molecule has 7 unspecified atom stereocenters. The zero-order valence-corrected chi connectivity index (χ0v) is 26.2. The lowest BCUT2D eigenvalue weighted by Crippen LogP contribution is -2.49. The fraction of sp³-hybridized carbons (Fsp3) is 0.889. The molecule has 0 heterocycles. The van der Waals surface area contributed by atoms with Crippen LogP contribution in [0.2, 0.25) is 0 Å². The van der Waals surface area contributed by atoms with Crippen molar-refractivity contribution in [3.63, 3.8) is 0 Å². The van der Waals surface area contributed by atoms with Gasteiger partial charge >= 0.3 is 0 Å². The van der Waals surface area contributed by atoms with Gasteiger partial charge in [-0.3, -0.25) is 10.5 Å². The Morgan fingerprint density at radius 2 is 1.38 bits per heavy atom. The van der Waals surface area contributed by atoms with Gasteiger partial charge < -0.3 is 0 Å². The van der Waals surface area contributed by atoms with E-state index in [9.17, 15) is 5.26 Å². The second-order valence-corrected chi connectivity index (χ2v) is 13.6.